The largest absolute Gasteiger partial charge is 0.492 e. The molecule has 1 aromatic heterocycles. The molecule has 1 heterocycles. The Balaban J connectivity index is 1.44. The lowest BCUT2D eigenvalue weighted by Gasteiger charge is -2.13. The van der Waals surface area contributed by atoms with Crippen LogP contribution in [0, 0.1) is 5.82 Å². The molecule has 0 saturated carbocycles. The van der Waals surface area contributed by atoms with Gasteiger partial charge in [-0.1, -0.05) is 18.2 Å². The summed E-state index contributed by atoms with van der Waals surface area (Å²) in [6.07, 6.45) is 1.67. The van der Waals surface area contributed by atoms with Crippen LogP contribution >= 0.6 is 0 Å². The molecular weight excluding hydrogens is 371 g/mol. The van der Waals surface area contributed by atoms with E-state index in [4.69, 9.17) is 9.47 Å². The van der Waals surface area contributed by atoms with Gasteiger partial charge in [0, 0.05) is 25.9 Å². The Labute approximate surface area is 169 Å². The van der Waals surface area contributed by atoms with E-state index < -0.39 is 0 Å². The molecule has 2 aromatic carbocycles. The first-order chi connectivity index (χ1) is 14.2. The van der Waals surface area contributed by atoms with E-state index in [1.165, 1.54) is 12.1 Å². The zero-order chi connectivity index (χ0) is 20.3. The number of ether oxygens (including phenoxy) is 2. The molecule has 3 rings (SSSR count). The average molecular weight is 394 g/mol. The quantitative estimate of drug-likeness (QED) is 0.346. The van der Waals surface area contributed by atoms with E-state index in [1.54, 1.807) is 25.4 Å². The maximum Gasteiger partial charge on any atom is 0.219 e. The van der Waals surface area contributed by atoms with Crippen molar-refractivity contribution in [1.82, 2.24) is 15.6 Å². The number of pyridine rings is 1. The Kier molecular flexibility index (Phi) is 7.40. The topological polar surface area (TPSA) is 67.8 Å². The predicted molar refractivity (Wildman–Crippen MR) is 111 cm³/mol. The number of nitrogens with one attached hydrogen (secondary N) is 2. The summed E-state index contributed by atoms with van der Waals surface area (Å²) in [7, 11) is 1.71. The fourth-order valence-electron chi connectivity index (χ4n) is 2.50. The van der Waals surface area contributed by atoms with E-state index in [2.05, 4.69) is 20.6 Å². The van der Waals surface area contributed by atoms with Crippen LogP contribution in [0.25, 0.3) is 0 Å². The van der Waals surface area contributed by atoms with Crippen LogP contribution in [0.3, 0.4) is 0 Å². The Bertz CT molecular complexity index is 918. The summed E-state index contributed by atoms with van der Waals surface area (Å²) in [5, 5.41) is 6.43. The van der Waals surface area contributed by atoms with Gasteiger partial charge in [-0.15, -0.1) is 0 Å². The number of aliphatic imine (C=N–C) groups is 1. The molecule has 0 radical (unpaired) electrons. The van der Waals surface area contributed by atoms with Crippen LogP contribution in [0.1, 0.15) is 5.56 Å². The molecule has 2 N–H and O–H groups in total. The number of aromatic nitrogens is 1. The summed E-state index contributed by atoms with van der Waals surface area (Å²) in [5.74, 6) is 2.16. The second kappa shape index (κ2) is 10.7. The van der Waals surface area contributed by atoms with Crippen molar-refractivity contribution >= 4 is 5.96 Å². The van der Waals surface area contributed by atoms with Gasteiger partial charge in [-0.3, -0.25) is 4.99 Å². The molecule has 0 bridgehead atoms. The van der Waals surface area contributed by atoms with Gasteiger partial charge in [0.05, 0.1) is 6.54 Å². The second-order valence-corrected chi connectivity index (χ2v) is 6.07. The molecule has 0 aliphatic carbocycles. The van der Waals surface area contributed by atoms with E-state index >= 15 is 0 Å². The van der Waals surface area contributed by atoms with Crippen LogP contribution in [0.5, 0.6) is 17.4 Å². The molecule has 0 spiro atoms. The van der Waals surface area contributed by atoms with Crippen molar-refractivity contribution in [3.05, 3.63) is 84.3 Å². The highest BCUT2D eigenvalue weighted by atomic mass is 19.1. The lowest BCUT2D eigenvalue weighted by molar-refractivity contribution is 0.322. The first kappa shape index (κ1) is 20.1. The Morgan fingerprint density at radius 2 is 1.79 bits per heavy atom. The highest BCUT2D eigenvalue weighted by molar-refractivity contribution is 5.79. The minimum Gasteiger partial charge on any atom is -0.492 e. The second-order valence-electron chi connectivity index (χ2n) is 6.07. The highest BCUT2D eigenvalue weighted by Gasteiger charge is 2.03. The predicted octanol–water partition coefficient (Wildman–Crippen LogP) is 3.76. The smallest absolute Gasteiger partial charge is 0.219 e. The van der Waals surface area contributed by atoms with Gasteiger partial charge in [-0.2, -0.15) is 0 Å². The summed E-state index contributed by atoms with van der Waals surface area (Å²) in [6.45, 7) is 1.68. The Morgan fingerprint density at radius 1 is 1.00 bits per heavy atom. The number of guanidine groups is 1. The maximum atomic E-state index is 13.0. The fraction of sp³-hybridized carbons (Fsp3) is 0.182. The SMILES string of the molecule is CN=C(NCCOc1ccccc1)NCc1ccnc(Oc2ccc(F)cc2)c1. The van der Waals surface area contributed by atoms with Gasteiger partial charge in [0.2, 0.25) is 5.88 Å². The van der Waals surface area contributed by atoms with Crippen molar-refractivity contribution in [2.24, 2.45) is 4.99 Å². The molecule has 7 heteroatoms. The normalized spacial score (nSPS) is 11.0. The molecule has 0 unspecified atom stereocenters. The van der Waals surface area contributed by atoms with Gasteiger partial charge in [-0.05, 0) is 48.0 Å². The number of para-hydroxylation sites is 1. The first-order valence-electron chi connectivity index (χ1n) is 9.23. The van der Waals surface area contributed by atoms with Crippen molar-refractivity contribution in [3.63, 3.8) is 0 Å². The zero-order valence-electron chi connectivity index (χ0n) is 16.1. The van der Waals surface area contributed by atoms with Crippen molar-refractivity contribution < 1.29 is 13.9 Å². The lowest BCUT2D eigenvalue weighted by atomic mass is 10.2. The molecule has 6 nitrogen and oxygen atoms in total. The molecule has 0 saturated heterocycles. The summed E-state index contributed by atoms with van der Waals surface area (Å²) < 4.78 is 24.3. The Hall–Kier alpha value is -3.61. The molecule has 0 fully saturated rings. The molecule has 150 valence electrons. The van der Waals surface area contributed by atoms with Crippen molar-refractivity contribution in [1.29, 1.82) is 0 Å². The van der Waals surface area contributed by atoms with Gasteiger partial charge >= 0.3 is 0 Å². The number of hydrogen-bond acceptors (Lipinski definition) is 4. The molecular formula is C22H23FN4O2. The monoisotopic (exact) mass is 394 g/mol. The number of halogens is 1. The summed E-state index contributed by atoms with van der Waals surface area (Å²) in [5.41, 5.74) is 0.973. The third-order valence-electron chi connectivity index (χ3n) is 3.93. The fourth-order valence-corrected chi connectivity index (χ4v) is 2.50. The maximum absolute atomic E-state index is 13.0. The van der Waals surface area contributed by atoms with E-state index in [1.807, 2.05) is 42.5 Å². The van der Waals surface area contributed by atoms with Gasteiger partial charge in [0.15, 0.2) is 5.96 Å². The van der Waals surface area contributed by atoms with Crippen LogP contribution < -0.4 is 20.1 Å². The third kappa shape index (κ3) is 6.80. The molecule has 3 aromatic rings. The molecule has 0 atom stereocenters. The van der Waals surface area contributed by atoms with Crippen LogP contribution in [0.4, 0.5) is 4.39 Å². The third-order valence-corrected chi connectivity index (χ3v) is 3.93. The lowest BCUT2D eigenvalue weighted by Crippen LogP contribution is -2.38. The van der Waals surface area contributed by atoms with Crippen LogP contribution in [-0.4, -0.2) is 31.1 Å². The van der Waals surface area contributed by atoms with Crippen molar-refractivity contribution in [3.8, 4) is 17.4 Å². The number of hydrogen-bond donors (Lipinski definition) is 2. The van der Waals surface area contributed by atoms with E-state index in [0.29, 0.717) is 37.3 Å². The number of benzene rings is 2. The summed E-state index contributed by atoms with van der Waals surface area (Å²) >= 11 is 0. The van der Waals surface area contributed by atoms with Gasteiger partial charge in [-0.25, -0.2) is 9.37 Å². The van der Waals surface area contributed by atoms with Crippen molar-refractivity contribution in [2.75, 3.05) is 20.2 Å². The van der Waals surface area contributed by atoms with Crippen LogP contribution in [0.2, 0.25) is 0 Å². The Morgan fingerprint density at radius 3 is 2.55 bits per heavy atom. The number of nitrogens with zero attached hydrogens (tertiary/aromatic N) is 2. The van der Waals surface area contributed by atoms with Crippen LogP contribution in [0.15, 0.2) is 77.9 Å². The van der Waals surface area contributed by atoms with E-state index in [-0.39, 0.29) is 5.82 Å². The molecule has 29 heavy (non-hydrogen) atoms. The van der Waals surface area contributed by atoms with E-state index in [0.717, 1.165) is 11.3 Å². The molecule has 0 aliphatic heterocycles. The highest BCUT2D eigenvalue weighted by Crippen LogP contribution is 2.20. The van der Waals surface area contributed by atoms with E-state index in [9.17, 15) is 4.39 Å². The molecule has 0 aliphatic rings. The van der Waals surface area contributed by atoms with Crippen LogP contribution in [-0.2, 0) is 6.54 Å². The number of rotatable bonds is 8. The minimum absolute atomic E-state index is 0.309. The van der Waals surface area contributed by atoms with Gasteiger partial charge in [0.25, 0.3) is 0 Å². The summed E-state index contributed by atoms with van der Waals surface area (Å²) in [6, 6.07) is 19.2. The zero-order valence-corrected chi connectivity index (χ0v) is 16.1. The van der Waals surface area contributed by atoms with Gasteiger partial charge < -0.3 is 20.1 Å². The van der Waals surface area contributed by atoms with Gasteiger partial charge in [0.1, 0.15) is 23.9 Å². The molecule has 0 amide bonds. The standard InChI is InChI=1S/C22H23FN4O2/c1-24-22(26-13-14-28-19-5-3-2-4-6-19)27-16-17-11-12-25-21(15-17)29-20-9-7-18(23)8-10-20/h2-12,15H,13-14,16H2,1H3,(H2,24,26,27). The summed E-state index contributed by atoms with van der Waals surface area (Å²) in [4.78, 5) is 8.39. The first-order valence-corrected chi connectivity index (χ1v) is 9.23. The average Bonchev–Trinajstić information content (AvgIpc) is 2.76. The minimum atomic E-state index is -0.309. The van der Waals surface area contributed by atoms with Crippen molar-refractivity contribution in [2.45, 2.75) is 6.54 Å².